The molecule has 5 nitrogen and oxygen atoms in total. The maximum atomic E-state index is 11.5. The predicted molar refractivity (Wildman–Crippen MR) is 43.2 cm³/mol. The van der Waals surface area contributed by atoms with E-state index in [1.165, 1.54) is 6.20 Å². The number of aromatic nitrogens is 2. The van der Waals surface area contributed by atoms with Crippen LogP contribution in [0.5, 0.6) is 0 Å². The van der Waals surface area contributed by atoms with Gasteiger partial charge in [-0.2, -0.15) is 5.10 Å². The van der Waals surface area contributed by atoms with Gasteiger partial charge in [-0.05, 0) is 12.8 Å². The Morgan fingerprint density at radius 2 is 2.25 bits per heavy atom. The van der Waals surface area contributed by atoms with Crippen LogP contribution >= 0.6 is 0 Å². The summed E-state index contributed by atoms with van der Waals surface area (Å²) in [5, 5.41) is 5.75. The lowest BCUT2D eigenvalue weighted by molar-refractivity contribution is 0.595. The SMILES string of the molecule is Nc1[nH]ncc1S(=O)(=O)C1CC1. The summed E-state index contributed by atoms with van der Waals surface area (Å²) in [5.74, 6) is 0.141. The number of nitrogens with two attached hydrogens (primary N) is 1. The summed E-state index contributed by atoms with van der Waals surface area (Å²) in [5.41, 5.74) is 5.40. The van der Waals surface area contributed by atoms with Crippen LogP contribution in [0.15, 0.2) is 11.1 Å². The highest BCUT2D eigenvalue weighted by Crippen LogP contribution is 2.34. The Balaban J connectivity index is 2.48. The predicted octanol–water partition coefficient (Wildman–Crippen LogP) is -0.0720. The molecular formula is C6H9N3O2S. The summed E-state index contributed by atoms with van der Waals surface area (Å²) in [6.07, 6.45) is 2.75. The van der Waals surface area contributed by atoms with Crippen LogP contribution < -0.4 is 5.73 Å². The van der Waals surface area contributed by atoms with E-state index in [0.29, 0.717) is 0 Å². The lowest BCUT2D eigenvalue weighted by Crippen LogP contribution is -2.08. The van der Waals surface area contributed by atoms with Gasteiger partial charge in [0, 0.05) is 0 Å². The van der Waals surface area contributed by atoms with Crippen molar-refractivity contribution in [2.75, 3.05) is 5.73 Å². The van der Waals surface area contributed by atoms with Crippen molar-refractivity contribution >= 4 is 15.7 Å². The summed E-state index contributed by atoms with van der Waals surface area (Å²) in [6.45, 7) is 0. The largest absolute Gasteiger partial charge is 0.383 e. The first kappa shape index (κ1) is 7.60. The quantitative estimate of drug-likeness (QED) is 0.678. The molecule has 0 aromatic carbocycles. The van der Waals surface area contributed by atoms with Crippen molar-refractivity contribution in [3.05, 3.63) is 6.20 Å². The molecule has 6 heteroatoms. The van der Waals surface area contributed by atoms with E-state index in [-0.39, 0.29) is 16.0 Å². The zero-order valence-corrected chi connectivity index (χ0v) is 7.13. The van der Waals surface area contributed by atoms with E-state index in [1.54, 1.807) is 0 Å². The number of aromatic amines is 1. The van der Waals surface area contributed by atoms with E-state index in [4.69, 9.17) is 5.73 Å². The van der Waals surface area contributed by atoms with E-state index < -0.39 is 9.84 Å². The Bertz CT molecular complexity index is 391. The highest BCUT2D eigenvalue weighted by molar-refractivity contribution is 7.92. The molecule has 1 aromatic rings. The first-order chi connectivity index (χ1) is 5.62. The first-order valence-corrected chi connectivity index (χ1v) is 5.20. The van der Waals surface area contributed by atoms with Gasteiger partial charge in [0.2, 0.25) is 0 Å². The lowest BCUT2D eigenvalue weighted by Gasteiger charge is -1.97. The Hall–Kier alpha value is -1.04. The zero-order chi connectivity index (χ0) is 8.77. The van der Waals surface area contributed by atoms with Crippen LogP contribution in [-0.2, 0) is 9.84 Å². The molecule has 66 valence electrons. The normalized spacial score (nSPS) is 18.0. The van der Waals surface area contributed by atoms with Gasteiger partial charge in [0.15, 0.2) is 9.84 Å². The maximum Gasteiger partial charge on any atom is 0.186 e. The number of sulfone groups is 1. The molecule has 1 heterocycles. The molecule has 1 aliphatic carbocycles. The molecule has 0 aliphatic heterocycles. The van der Waals surface area contributed by atoms with Gasteiger partial charge >= 0.3 is 0 Å². The number of H-pyrrole nitrogens is 1. The van der Waals surface area contributed by atoms with Crippen LogP contribution in [0.2, 0.25) is 0 Å². The number of nitrogen functional groups attached to an aromatic ring is 1. The average Bonchev–Trinajstić information content (AvgIpc) is 2.75. The Morgan fingerprint density at radius 1 is 1.58 bits per heavy atom. The molecule has 0 unspecified atom stereocenters. The molecule has 0 spiro atoms. The number of hydrogen-bond donors (Lipinski definition) is 2. The fraction of sp³-hybridized carbons (Fsp3) is 0.500. The molecule has 0 saturated heterocycles. The average molecular weight is 187 g/mol. The third kappa shape index (κ3) is 0.989. The fourth-order valence-corrected chi connectivity index (χ4v) is 2.74. The van der Waals surface area contributed by atoms with Crippen LogP contribution in [0, 0.1) is 0 Å². The zero-order valence-electron chi connectivity index (χ0n) is 6.32. The minimum absolute atomic E-state index is 0.141. The molecule has 0 bridgehead atoms. The molecule has 2 rings (SSSR count). The number of hydrogen-bond acceptors (Lipinski definition) is 4. The summed E-state index contributed by atoms with van der Waals surface area (Å²) in [7, 11) is -3.17. The third-order valence-electron chi connectivity index (χ3n) is 1.90. The summed E-state index contributed by atoms with van der Waals surface area (Å²) >= 11 is 0. The van der Waals surface area contributed by atoms with E-state index in [1.807, 2.05) is 0 Å². The number of nitrogens with zero attached hydrogens (tertiary/aromatic N) is 1. The van der Waals surface area contributed by atoms with Crippen LogP contribution in [-0.4, -0.2) is 23.9 Å². The van der Waals surface area contributed by atoms with Crippen LogP contribution in [0.1, 0.15) is 12.8 Å². The van der Waals surface area contributed by atoms with Crippen molar-refractivity contribution in [1.29, 1.82) is 0 Å². The minimum Gasteiger partial charge on any atom is -0.383 e. The number of nitrogens with one attached hydrogen (secondary N) is 1. The van der Waals surface area contributed by atoms with Crippen molar-refractivity contribution in [2.24, 2.45) is 0 Å². The van der Waals surface area contributed by atoms with Gasteiger partial charge in [-0.15, -0.1) is 0 Å². The second-order valence-corrected chi connectivity index (χ2v) is 5.09. The molecule has 12 heavy (non-hydrogen) atoms. The second kappa shape index (κ2) is 2.22. The van der Waals surface area contributed by atoms with Gasteiger partial charge in [0.05, 0.1) is 11.4 Å². The minimum atomic E-state index is -3.17. The van der Waals surface area contributed by atoms with Gasteiger partial charge < -0.3 is 5.73 Å². The van der Waals surface area contributed by atoms with Crippen LogP contribution in [0.25, 0.3) is 0 Å². The number of anilines is 1. The number of rotatable bonds is 2. The van der Waals surface area contributed by atoms with Gasteiger partial charge in [0.25, 0.3) is 0 Å². The highest BCUT2D eigenvalue weighted by Gasteiger charge is 2.38. The molecule has 1 aliphatic rings. The van der Waals surface area contributed by atoms with Crippen molar-refractivity contribution < 1.29 is 8.42 Å². The van der Waals surface area contributed by atoms with Crippen LogP contribution in [0.3, 0.4) is 0 Å². The van der Waals surface area contributed by atoms with Crippen LogP contribution in [0.4, 0.5) is 5.82 Å². The maximum absolute atomic E-state index is 11.5. The third-order valence-corrected chi connectivity index (χ3v) is 4.19. The molecule has 1 fully saturated rings. The van der Waals surface area contributed by atoms with Crippen molar-refractivity contribution in [2.45, 2.75) is 23.0 Å². The molecule has 0 atom stereocenters. The summed E-state index contributed by atoms with van der Waals surface area (Å²) < 4.78 is 23.1. The topological polar surface area (TPSA) is 88.8 Å². The van der Waals surface area contributed by atoms with E-state index >= 15 is 0 Å². The smallest absolute Gasteiger partial charge is 0.186 e. The molecule has 1 aromatic heterocycles. The van der Waals surface area contributed by atoms with E-state index in [0.717, 1.165) is 12.8 Å². The molecule has 0 radical (unpaired) electrons. The fourth-order valence-electron chi connectivity index (χ4n) is 1.07. The van der Waals surface area contributed by atoms with Gasteiger partial charge in [-0.1, -0.05) is 0 Å². The van der Waals surface area contributed by atoms with Crippen molar-refractivity contribution in [3.63, 3.8) is 0 Å². The molecule has 1 saturated carbocycles. The highest BCUT2D eigenvalue weighted by atomic mass is 32.2. The van der Waals surface area contributed by atoms with E-state index in [9.17, 15) is 8.42 Å². The Labute approximate surface area is 69.9 Å². The van der Waals surface area contributed by atoms with Gasteiger partial charge in [-0.3, -0.25) is 5.10 Å². The van der Waals surface area contributed by atoms with E-state index in [2.05, 4.69) is 10.2 Å². The molecule has 3 N–H and O–H groups in total. The molecular weight excluding hydrogens is 178 g/mol. The molecule has 0 amide bonds. The standard InChI is InChI=1S/C6H9N3O2S/c7-6-5(3-8-9-6)12(10,11)4-1-2-4/h3-4H,1-2H2,(H3,7,8,9). The first-order valence-electron chi connectivity index (χ1n) is 3.65. The Morgan fingerprint density at radius 3 is 2.67 bits per heavy atom. The Kier molecular flexibility index (Phi) is 1.41. The summed E-state index contributed by atoms with van der Waals surface area (Å²) in [6, 6.07) is 0. The lowest BCUT2D eigenvalue weighted by atomic mass is 10.7. The summed E-state index contributed by atoms with van der Waals surface area (Å²) in [4.78, 5) is 0.144. The van der Waals surface area contributed by atoms with Gasteiger partial charge in [-0.25, -0.2) is 8.42 Å². The second-order valence-electron chi connectivity index (χ2n) is 2.89. The van der Waals surface area contributed by atoms with Crippen molar-refractivity contribution in [3.8, 4) is 0 Å². The van der Waals surface area contributed by atoms with Crippen molar-refractivity contribution in [1.82, 2.24) is 10.2 Å². The monoisotopic (exact) mass is 187 g/mol. The van der Waals surface area contributed by atoms with Gasteiger partial charge in [0.1, 0.15) is 10.7 Å².